The number of piperidine rings is 1. The van der Waals surface area contributed by atoms with Crippen molar-refractivity contribution in [3.8, 4) is 0 Å². The summed E-state index contributed by atoms with van der Waals surface area (Å²) < 4.78 is 0. The summed E-state index contributed by atoms with van der Waals surface area (Å²) in [7, 11) is 0. The monoisotopic (exact) mass is 369 g/mol. The Morgan fingerprint density at radius 2 is 2.12 bits per heavy atom. The van der Waals surface area contributed by atoms with E-state index in [2.05, 4.69) is 0 Å². The van der Waals surface area contributed by atoms with Gasteiger partial charge in [0.2, 0.25) is 5.91 Å². The second-order valence-corrected chi connectivity index (χ2v) is 8.35. The Bertz CT molecular complexity index is 464. The molecule has 1 saturated carbocycles. The molecular weight excluding hydrogens is 338 g/mol. The number of hydrogen-bond acceptors (Lipinski definition) is 4. The van der Waals surface area contributed by atoms with Crippen molar-refractivity contribution in [2.24, 2.45) is 5.92 Å². The number of likely N-dealkylation sites (tertiary alicyclic amines) is 1. The molecule has 2 aliphatic rings. The lowest BCUT2D eigenvalue weighted by atomic mass is 10.00. The summed E-state index contributed by atoms with van der Waals surface area (Å²) in [6, 6.07) is 0.0939. The van der Waals surface area contributed by atoms with Crippen LogP contribution in [0.2, 0.25) is 0 Å². The van der Waals surface area contributed by atoms with Gasteiger partial charge in [0, 0.05) is 25.1 Å². The van der Waals surface area contributed by atoms with Crippen LogP contribution >= 0.6 is 11.8 Å². The number of aliphatic hydroxyl groups excluding tert-OH is 1. The number of aliphatic carboxylic acids is 1. The minimum absolute atomic E-state index is 0.0939. The number of carbonyl (C=O) groups is 2. The maximum atomic E-state index is 12.2. The first kappa shape index (κ1) is 20.3. The molecule has 1 heterocycles. The van der Waals surface area contributed by atoms with Gasteiger partial charge in [-0.1, -0.05) is 25.0 Å². The fourth-order valence-electron chi connectivity index (χ4n) is 3.19. The standard InChI is InChI=1S/C19H31NO4S/c21-17(10-8-15-6-7-15)11-9-16-3-1-4-18(22)20(16)12-14-25-13-2-5-19(23)24/h9,11,15-17,21H,1-8,10,12-14H2,(H,23,24)/t16-,17?/m1/s1. The highest BCUT2D eigenvalue weighted by Crippen LogP contribution is 2.34. The highest BCUT2D eigenvalue weighted by Gasteiger charge is 2.26. The Morgan fingerprint density at radius 3 is 2.84 bits per heavy atom. The second-order valence-electron chi connectivity index (χ2n) is 7.13. The third-order valence-corrected chi connectivity index (χ3v) is 5.94. The minimum Gasteiger partial charge on any atom is -0.481 e. The molecule has 2 fully saturated rings. The first-order chi connectivity index (χ1) is 12.1. The maximum Gasteiger partial charge on any atom is 0.303 e. The average Bonchev–Trinajstić information content (AvgIpc) is 3.39. The Morgan fingerprint density at radius 1 is 1.32 bits per heavy atom. The van der Waals surface area contributed by atoms with Crippen molar-refractivity contribution in [2.45, 2.75) is 69.9 Å². The Balaban J connectivity index is 1.70. The molecule has 0 aromatic carbocycles. The lowest BCUT2D eigenvalue weighted by molar-refractivity contribution is -0.137. The number of thioether (sulfide) groups is 1. The molecule has 1 aliphatic heterocycles. The van der Waals surface area contributed by atoms with Gasteiger partial charge in [0.25, 0.3) is 0 Å². The second kappa shape index (κ2) is 10.9. The Kier molecular flexibility index (Phi) is 8.82. The molecule has 25 heavy (non-hydrogen) atoms. The first-order valence-corrected chi connectivity index (χ1v) is 10.7. The molecule has 1 unspecified atom stereocenters. The summed E-state index contributed by atoms with van der Waals surface area (Å²) in [6.07, 6.45) is 11.4. The van der Waals surface area contributed by atoms with E-state index in [4.69, 9.17) is 5.11 Å². The van der Waals surface area contributed by atoms with E-state index in [9.17, 15) is 14.7 Å². The molecule has 1 aliphatic carbocycles. The topological polar surface area (TPSA) is 77.8 Å². The summed E-state index contributed by atoms with van der Waals surface area (Å²) in [4.78, 5) is 24.6. The summed E-state index contributed by atoms with van der Waals surface area (Å²) >= 11 is 1.70. The van der Waals surface area contributed by atoms with Crippen molar-refractivity contribution in [1.82, 2.24) is 4.90 Å². The van der Waals surface area contributed by atoms with Gasteiger partial charge < -0.3 is 15.1 Å². The predicted octanol–water partition coefficient (Wildman–Crippen LogP) is 3.07. The minimum atomic E-state index is -0.753. The third-order valence-electron chi connectivity index (χ3n) is 4.89. The first-order valence-electron chi connectivity index (χ1n) is 9.51. The van der Waals surface area contributed by atoms with E-state index in [0.29, 0.717) is 19.4 Å². The quantitative estimate of drug-likeness (QED) is 0.408. The molecule has 2 N–H and O–H groups in total. The van der Waals surface area contributed by atoms with Gasteiger partial charge in [-0.2, -0.15) is 11.8 Å². The number of hydrogen-bond donors (Lipinski definition) is 2. The van der Waals surface area contributed by atoms with Crippen molar-refractivity contribution < 1.29 is 19.8 Å². The van der Waals surface area contributed by atoms with Gasteiger partial charge in [0.15, 0.2) is 0 Å². The summed E-state index contributed by atoms with van der Waals surface area (Å²) in [6.45, 7) is 0.698. The fourth-order valence-corrected chi connectivity index (χ4v) is 4.07. The third kappa shape index (κ3) is 8.27. The van der Waals surface area contributed by atoms with E-state index >= 15 is 0 Å². The number of aliphatic hydroxyl groups is 1. The normalized spacial score (nSPS) is 22.5. The highest BCUT2D eigenvalue weighted by molar-refractivity contribution is 7.99. The van der Waals surface area contributed by atoms with E-state index in [-0.39, 0.29) is 18.4 Å². The van der Waals surface area contributed by atoms with Crippen LogP contribution in [0.1, 0.15) is 57.8 Å². The smallest absolute Gasteiger partial charge is 0.303 e. The lowest BCUT2D eigenvalue weighted by Gasteiger charge is -2.34. The molecular formula is C19H31NO4S. The zero-order valence-corrected chi connectivity index (χ0v) is 15.8. The summed E-state index contributed by atoms with van der Waals surface area (Å²) in [5, 5.41) is 18.7. The predicted molar refractivity (Wildman–Crippen MR) is 101 cm³/mol. The van der Waals surface area contributed by atoms with Crippen LogP contribution in [0, 0.1) is 5.92 Å². The van der Waals surface area contributed by atoms with Crippen LogP contribution in [0.15, 0.2) is 12.2 Å². The molecule has 5 nitrogen and oxygen atoms in total. The molecule has 2 atom stereocenters. The summed E-state index contributed by atoms with van der Waals surface area (Å²) in [5.74, 6) is 1.92. The fraction of sp³-hybridized carbons (Fsp3) is 0.789. The number of carbonyl (C=O) groups excluding carboxylic acids is 1. The molecule has 0 bridgehead atoms. The SMILES string of the molecule is O=C(O)CCCSCCN1C(=O)CCC[C@@H]1C=CC(O)CCC1CC1. The number of carboxylic acid groups (broad SMARTS) is 1. The number of amides is 1. The van der Waals surface area contributed by atoms with Gasteiger partial charge in [0.05, 0.1) is 12.1 Å². The molecule has 6 heteroatoms. The number of carboxylic acids is 1. The molecule has 1 amide bonds. The maximum absolute atomic E-state index is 12.2. The van der Waals surface area contributed by atoms with Crippen LogP contribution in [0.5, 0.6) is 0 Å². The van der Waals surface area contributed by atoms with E-state index in [0.717, 1.165) is 43.1 Å². The van der Waals surface area contributed by atoms with Gasteiger partial charge >= 0.3 is 5.97 Å². The molecule has 1 saturated heterocycles. The van der Waals surface area contributed by atoms with Crippen LogP contribution in [0.3, 0.4) is 0 Å². The zero-order valence-electron chi connectivity index (χ0n) is 14.9. The molecule has 0 radical (unpaired) electrons. The van der Waals surface area contributed by atoms with Gasteiger partial charge in [-0.25, -0.2) is 0 Å². The van der Waals surface area contributed by atoms with E-state index in [1.54, 1.807) is 11.8 Å². The van der Waals surface area contributed by atoms with Gasteiger partial charge in [-0.15, -0.1) is 0 Å². The van der Waals surface area contributed by atoms with Crippen molar-refractivity contribution in [2.75, 3.05) is 18.1 Å². The van der Waals surface area contributed by atoms with Crippen LogP contribution < -0.4 is 0 Å². The molecule has 0 aromatic heterocycles. The largest absolute Gasteiger partial charge is 0.481 e. The number of nitrogens with zero attached hydrogens (tertiary/aromatic N) is 1. The summed E-state index contributed by atoms with van der Waals surface area (Å²) in [5.41, 5.74) is 0. The van der Waals surface area contributed by atoms with Gasteiger partial charge in [0.1, 0.15) is 0 Å². The van der Waals surface area contributed by atoms with Crippen molar-refractivity contribution >= 4 is 23.6 Å². The van der Waals surface area contributed by atoms with Crippen molar-refractivity contribution in [3.63, 3.8) is 0 Å². The highest BCUT2D eigenvalue weighted by atomic mass is 32.2. The van der Waals surface area contributed by atoms with Crippen molar-refractivity contribution in [1.29, 1.82) is 0 Å². The van der Waals surface area contributed by atoms with Crippen LogP contribution in [-0.4, -0.2) is 57.2 Å². The van der Waals surface area contributed by atoms with Crippen LogP contribution in [-0.2, 0) is 9.59 Å². The molecule has 0 spiro atoms. The van der Waals surface area contributed by atoms with Gasteiger partial charge in [-0.3, -0.25) is 9.59 Å². The molecule has 0 aromatic rings. The van der Waals surface area contributed by atoms with E-state index in [1.165, 1.54) is 12.8 Å². The zero-order chi connectivity index (χ0) is 18.1. The van der Waals surface area contributed by atoms with E-state index < -0.39 is 12.1 Å². The van der Waals surface area contributed by atoms with E-state index in [1.807, 2.05) is 17.1 Å². The molecule has 2 rings (SSSR count). The van der Waals surface area contributed by atoms with Crippen molar-refractivity contribution in [3.05, 3.63) is 12.2 Å². The Hall–Kier alpha value is -1.01. The Labute approximate surface area is 154 Å². The lowest BCUT2D eigenvalue weighted by Crippen LogP contribution is -2.43. The number of rotatable bonds is 12. The van der Waals surface area contributed by atoms with Gasteiger partial charge in [-0.05, 0) is 43.8 Å². The average molecular weight is 370 g/mol. The molecule has 142 valence electrons. The van der Waals surface area contributed by atoms with Crippen LogP contribution in [0.4, 0.5) is 0 Å². The van der Waals surface area contributed by atoms with Crippen LogP contribution in [0.25, 0.3) is 0 Å².